The molecular weight excluding hydrogens is 238 g/mol. The van der Waals surface area contributed by atoms with Gasteiger partial charge in [-0.25, -0.2) is 4.98 Å². The summed E-state index contributed by atoms with van der Waals surface area (Å²) in [6.07, 6.45) is 6.09. The van der Waals surface area contributed by atoms with Crippen LogP contribution in [0.5, 0.6) is 0 Å². The molecule has 0 aliphatic rings. The summed E-state index contributed by atoms with van der Waals surface area (Å²) >= 11 is 0. The van der Waals surface area contributed by atoms with Crippen molar-refractivity contribution in [2.24, 2.45) is 0 Å². The molecule has 19 heavy (non-hydrogen) atoms. The van der Waals surface area contributed by atoms with Gasteiger partial charge in [-0.1, -0.05) is 13.3 Å². The maximum atomic E-state index is 5.70. The summed E-state index contributed by atoms with van der Waals surface area (Å²) in [7, 11) is 0. The van der Waals surface area contributed by atoms with Crippen LogP contribution in [0.25, 0.3) is 11.4 Å². The Hall–Kier alpha value is -1.81. The highest BCUT2D eigenvalue weighted by molar-refractivity contribution is 5.59. The number of aromatic nitrogens is 2. The molecule has 2 rings (SSSR count). The number of nitrogens with zero attached hydrogens (tertiary/aromatic N) is 2. The van der Waals surface area contributed by atoms with Crippen LogP contribution in [0.1, 0.15) is 19.8 Å². The predicted octanol–water partition coefficient (Wildman–Crippen LogP) is 2.95. The lowest BCUT2D eigenvalue weighted by atomic mass is 10.2. The molecule has 0 aliphatic carbocycles. The third-order valence-corrected chi connectivity index (χ3v) is 3.00. The second-order valence-electron chi connectivity index (χ2n) is 4.53. The number of anilines is 1. The van der Waals surface area contributed by atoms with Gasteiger partial charge in [0.05, 0.1) is 6.61 Å². The second-order valence-corrected chi connectivity index (χ2v) is 4.53. The molecule has 102 valence electrons. The highest BCUT2D eigenvalue weighted by Gasteiger charge is 2.05. The standard InChI is InChI=1S/C15H21N3O/c1-2-3-11-19-12-10-18-9-8-17-15(18)13-4-6-14(16)7-5-13/h4-9H,2-3,10-12,16H2,1H3. The molecule has 0 amide bonds. The van der Waals surface area contributed by atoms with Crippen LogP contribution in [0.4, 0.5) is 5.69 Å². The zero-order valence-corrected chi connectivity index (χ0v) is 11.4. The molecule has 0 atom stereocenters. The van der Waals surface area contributed by atoms with E-state index in [1.165, 1.54) is 6.42 Å². The Kier molecular flexibility index (Phi) is 4.98. The van der Waals surface area contributed by atoms with Crippen LogP contribution in [0.3, 0.4) is 0 Å². The maximum Gasteiger partial charge on any atom is 0.139 e. The summed E-state index contributed by atoms with van der Waals surface area (Å²) in [6, 6.07) is 7.77. The number of benzene rings is 1. The van der Waals surface area contributed by atoms with Gasteiger partial charge in [-0.15, -0.1) is 0 Å². The molecule has 0 spiro atoms. The fourth-order valence-electron chi connectivity index (χ4n) is 1.89. The average molecular weight is 259 g/mol. The zero-order chi connectivity index (χ0) is 13.5. The Morgan fingerprint density at radius 1 is 1.21 bits per heavy atom. The minimum Gasteiger partial charge on any atom is -0.399 e. The number of nitrogens with two attached hydrogens (primary N) is 1. The molecule has 0 saturated carbocycles. The highest BCUT2D eigenvalue weighted by atomic mass is 16.5. The molecule has 4 heteroatoms. The van der Waals surface area contributed by atoms with Gasteiger partial charge in [0, 0.05) is 36.8 Å². The van der Waals surface area contributed by atoms with Crippen LogP contribution in [0, 0.1) is 0 Å². The Morgan fingerprint density at radius 3 is 2.74 bits per heavy atom. The molecule has 0 saturated heterocycles. The lowest BCUT2D eigenvalue weighted by Gasteiger charge is -2.08. The number of nitrogen functional groups attached to an aromatic ring is 1. The van der Waals surface area contributed by atoms with Crippen molar-refractivity contribution < 1.29 is 4.74 Å². The minimum absolute atomic E-state index is 0.721. The van der Waals surface area contributed by atoms with Crippen LogP contribution in [-0.4, -0.2) is 22.8 Å². The maximum absolute atomic E-state index is 5.70. The first-order valence-electron chi connectivity index (χ1n) is 6.76. The Labute approximate surface area is 114 Å². The molecule has 0 unspecified atom stereocenters. The third kappa shape index (κ3) is 3.83. The summed E-state index contributed by atoms with van der Waals surface area (Å²) in [4.78, 5) is 4.40. The van der Waals surface area contributed by atoms with Crippen molar-refractivity contribution in [3.8, 4) is 11.4 Å². The van der Waals surface area contributed by atoms with E-state index in [1.54, 1.807) is 0 Å². The van der Waals surface area contributed by atoms with Crippen LogP contribution >= 0.6 is 0 Å². The Bertz CT molecular complexity index is 490. The summed E-state index contributed by atoms with van der Waals surface area (Å²) < 4.78 is 7.70. The van der Waals surface area contributed by atoms with E-state index in [4.69, 9.17) is 10.5 Å². The van der Waals surface area contributed by atoms with Gasteiger partial charge in [-0.2, -0.15) is 0 Å². The molecule has 2 aromatic rings. The van der Waals surface area contributed by atoms with Crippen molar-refractivity contribution in [2.75, 3.05) is 18.9 Å². The quantitative estimate of drug-likeness (QED) is 0.614. The van der Waals surface area contributed by atoms with Crippen molar-refractivity contribution in [3.05, 3.63) is 36.7 Å². The van der Waals surface area contributed by atoms with Gasteiger partial charge in [-0.3, -0.25) is 0 Å². The van der Waals surface area contributed by atoms with Gasteiger partial charge >= 0.3 is 0 Å². The Morgan fingerprint density at radius 2 is 2.00 bits per heavy atom. The monoisotopic (exact) mass is 259 g/mol. The SMILES string of the molecule is CCCCOCCn1ccnc1-c1ccc(N)cc1. The second kappa shape index (κ2) is 6.95. The van der Waals surface area contributed by atoms with E-state index < -0.39 is 0 Å². The molecule has 1 aromatic heterocycles. The highest BCUT2D eigenvalue weighted by Crippen LogP contribution is 2.18. The van der Waals surface area contributed by atoms with Crippen molar-refractivity contribution in [1.82, 2.24) is 9.55 Å². The molecule has 1 heterocycles. The van der Waals surface area contributed by atoms with Crippen molar-refractivity contribution in [2.45, 2.75) is 26.3 Å². The van der Waals surface area contributed by atoms with E-state index in [0.717, 1.165) is 43.3 Å². The minimum atomic E-state index is 0.721. The summed E-state index contributed by atoms with van der Waals surface area (Å²) in [5.41, 5.74) is 7.54. The van der Waals surface area contributed by atoms with Gasteiger partial charge in [-0.05, 0) is 30.7 Å². The Balaban J connectivity index is 1.96. The molecule has 0 radical (unpaired) electrons. The van der Waals surface area contributed by atoms with E-state index in [0.29, 0.717) is 0 Å². The van der Waals surface area contributed by atoms with Gasteiger partial charge < -0.3 is 15.0 Å². The zero-order valence-electron chi connectivity index (χ0n) is 11.4. The molecule has 0 fully saturated rings. The van der Waals surface area contributed by atoms with Gasteiger partial charge in [0.1, 0.15) is 5.82 Å². The van der Waals surface area contributed by atoms with E-state index in [9.17, 15) is 0 Å². The number of rotatable bonds is 7. The summed E-state index contributed by atoms with van der Waals surface area (Å²) in [6.45, 7) is 4.54. The summed E-state index contributed by atoms with van der Waals surface area (Å²) in [5.74, 6) is 0.957. The number of hydrogen-bond acceptors (Lipinski definition) is 3. The summed E-state index contributed by atoms with van der Waals surface area (Å²) in [5, 5.41) is 0. The number of imidazole rings is 1. The van der Waals surface area contributed by atoms with Crippen LogP contribution in [-0.2, 0) is 11.3 Å². The molecule has 0 bridgehead atoms. The first kappa shape index (κ1) is 13.6. The van der Waals surface area contributed by atoms with Gasteiger partial charge in [0.15, 0.2) is 0 Å². The molecule has 1 aromatic carbocycles. The lowest BCUT2D eigenvalue weighted by Crippen LogP contribution is -2.07. The van der Waals surface area contributed by atoms with E-state index in [2.05, 4.69) is 16.5 Å². The van der Waals surface area contributed by atoms with Crippen LogP contribution in [0.2, 0.25) is 0 Å². The molecule has 0 aliphatic heterocycles. The molecule has 2 N–H and O–H groups in total. The first-order chi connectivity index (χ1) is 9.31. The van der Waals surface area contributed by atoms with Crippen LogP contribution in [0.15, 0.2) is 36.7 Å². The van der Waals surface area contributed by atoms with E-state index >= 15 is 0 Å². The van der Waals surface area contributed by atoms with E-state index in [1.807, 2.05) is 36.7 Å². The van der Waals surface area contributed by atoms with Gasteiger partial charge in [0.2, 0.25) is 0 Å². The average Bonchev–Trinajstić information content (AvgIpc) is 2.88. The largest absolute Gasteiger partial charge is 0.399 e. The smallest absolute Gasteiger partial charge is 0.139 e. The van der Waals surface area contributed by atoms with Gasteiger partial charge in [0.25, 0.3) is 0 Å². The molecule has 4 nitrogen and oxygen atoms in total. The topological polar surface area (TPSA) is 53.1 Å². The fourth-order valence-corrected chi connectivity index (χ4v) is 1.89. The van der Waals surface area contributed by atoms with E-state index in [-0.39, 0.29) is 0 Å². The predicted molar refractivity (Wildman–Crippen MR) is 77.8 cm³/mol. The van der Waals surface area contributed by atoms with Crippen LogP contribution < -0.4 is 5.73 Å². The normalized spacial score (nSPS) is 10.8. The fraction of sp³-hybridized carbons (Fsp3) is 0.400. The lowest BCUT2D eigenvalue weighted by molar-refractivity contribution is 0.124. The number of ether oxygens (including phenoxy) is 1. The molecular formula is C15H21N3O. The third-order valence-electron chi connectivity index (χ3n) is 3.00. The number of unbranched alkanes of at least 4 members (excludes halogenated alkanes) is 1. The number of hydrogen-bond donors (Lipinski definition) is 1. The van der Waals surface area contributed by atoms with Crippen molar-refractivity contribution >= 4 is 5.69 Å². The van der Waals surface area contributed by atoms with Crippen molar-refractivity contribution in [1.29, 1.82) is 0 Å². The first-order valence-corrected chi connectivity index (χ1v) is 6.76. The van der Waals surface area contributed by atoms with Crippen molar-refractivity contribution in [3.63, 3.8) is 0 Å².